The van der Waals surface area contributed by atoms with Crippen molar-refractivity contribution in [3.05, 3.63) is 28.2 Å². The van der Waals surface area contributed by atoms with Crippen LogP contribution in [0.5, 0.6) is 5.75 Å². The second kappa shape index (κ2) is 5.28. The Kier molecular flexibility index (Phi) is 3.92. The molecule has 2 unspecified atom stereocenters. The number of rotatable bonds is 2. The van der Waals surface area contributed by atoms with Gasteiger partial charge in [0.2, 0.25) is 0 Å². The van der Waals surface area contributed by atoms with Crippen LogP contribution >= 0.6 is 15.9 Å². The van der Waals surface area contributed by atoms with E-state index < -0.39 is 0 Å². The smallest absolute Gasteiger partial charge is 0.253 e. The van der Waals surface area contributed by atoms with E-state index in [1.54, 1.807) is 17.0 Å². The van der Waals surface area contributed by atoms with Crippen molar-refractivity contribution in [3.63, 3.8) is 0 Å². The first-order valence-electron chi connectivity index (χ1n) is 6.02. The summed E-state index contributed by atoms with van der Waals surface area (Å²) in [6.07, 6.45) is 0.950. The van der Waals surface area contributed by atoms with Gasteiger partial charge in [0.1, 0.15) is 5.75 Å². The van der Waals surface area contributed by atoms with Gasteiger partial charge in [-0.3, -0.25) is 4.79 Å². The number of nitrogens with zero attached hydrogens (tertiary/aromatic N) is 1. The number of carbonyl (C=O) groups excluding carboxylic acids is 1. The molecule has 0 radical (unpaired) electrons. The van der Waals surface area contributed by atoms with E-state index in [2.05, 4.69) is 15.9 Å². The van der Waals surface area contributed by atoms with Crippen molar-refractivity contribution in [1.29, 1.82) is 0 Å². The summed E-state index contributed by atoms with van der Waals surface area (Å²) < 4.78 is 0.592. The molecule has 1 heterocycles. The quantitative estimate of drug-likeness (QED) is 0.877. The van der Waals surface area contributed by atoms with E-state index in [1.807, 2.05) is 6.92 Å². The largest absolute Gasteiger partial charge is 0.507 e. The molecule has 1 aliphatic rings. The van der Waals surface area contributed by atoms with Crippen LogP contribution in [0.15, 0.2) is 22.7 Å². The van der Waals surface area contributed by atoms with Crippen molar-refractivity contribution in [2.24, 2.45) is 11.7 Å². The predicted molar refractivity (Wildman–Crippen MR) is 73.5 cm³/mol. The molecular formula is C13H17BrN2O2. The minimum atomic E-state index is -0.0408. The van der Waals surface area contributed by atoms with Gasteiger partial charge in [-0.2, -0.15) is 0 Å². The first-order chi connectivity index (χ1) is 8.49. The Hall–Kier alpha value is -1.07. The lowest BCUT2D eigenvalue weighted by Gasteiger charge is -2.18. The van der Waals surface area contributed by atoms with Gasteiger partial charge in [-0.1, -0.05) is 0 Å². The summed E-state index contributed by atoms with van der Waals surface area (Å²) >= 11 is 3.20. The zero-order chi connectivity index (χ0) is 13.3. The van der Waals surface area contributed by atoms with Crippen molar-refractivity contribution in [3.8, 4) is 5.75 Å². The number of nitrogens with two attached hydrogens (primary N) is 1. The van der Waals surface area contributed by atoms with Crippen LogP contribution in [0.1, 0.15) is 23.7 Å². The predicted octanol–water partition coefficient (Wildman–Crippen LogP) is 1.96. The fourth-order valence-corrected chi connectivity index (χ4v) is 2.48. The lowest BCUT2D eigenvalue weighted by Crippen LogP contribution is -2.32. The molecule has 1 fully saturated rings. The second-order valence-corrected chi connectivity index (χ2v) is 5.68. The van der Waals surface area contributed by atoms with Crippen LogP contribution in [0.2, 0.25) is 0 Å². The highest BCUT2D eigenvalue weighted by Gasteiger charge is 2.29. The zero-order valence-corrected chi connectivity index (χ0v) is 11.9. The molecule has 0 bridgehead atoms. The van der Waals surface area contributed by atoms with E-state index in [4.69, 9.17) is 5.73 Å². The normalized spacial score (nSPS) is 21.1. The summed E-state index contributed by atoms with van der Waals surface area (Å²) in [4.78, 5) is 14.0. The van der Waals surface area contributed by atoms with Crippen molar-refractivity contribution >= 4 is 21.8 Å². The van der Waals surface area contributed by atoms with Crippen LogP contribution in [0, 0.1) is 5.92 Å². The van der Waals surface area contributed by atoms with Crippen molar-refractivity contribution < 1.29 is 9.90 Å². The average Bonchev–Trinajstić information content (AvgIpc) is 2.81. The fraction of sp³-hybridized carbons (Fsp3) is 0.462. The van der Waals surface area contributed by atoms with Gasteiger partial charge in [-0.25, -0.2) is 0 Å². The second-order valence-electron chi connectivity index (χ2n) is 4.83. The number of aromatic hydroxyl groups is 1. The number of carbonyl (C=O) groups is 1. The Bertz CT molecular complexity index is 462. The van der Waals surface area contributed by atoms with Gasteiger partial charge < -0.3 is 15.7 Å². The summed E-state index contributed by atoms with van der Waals surface area (Å²) in [6.45, 7) is 3.42. The lowest BCUT2D eigenvalue weighted by atomic mass is 10.0. The van der Waals surface area contributed by atoms with E-state index >= 15 is 0 Å². The standard InChI is InChI=1S/C13H17BrN2O2/c1-8(15)10-4-5-16(7-10)13(18)9-2-3-11(14)12(17)6-9/h2-3,6,8,10,17H,4-5,7,15H2,1H3. The Balaban J connectivity index is 2.10. The summed E-state index contributed by atoms with van der Waals surface area (Å²) in [5, 5.41) is 9.59. The molecule has 0 aliphatic carbocycles. The highest BCUT2D eigenvalue weighted by atomic mass is 79.9. The molecule has 1 aromatic rings. The lowest BCUT2D eigenvalue weighted by molar-refractivity contribution is 0.0785. The zero-order valence-electron chi connectivity index (χ0n) is 10.3. The van der Waals surface area contributed by atoms with Gasteiger partial charge >= 0.3 is 0 Å². The summed E-state index contributed by atoms with van der Waals surface area (Å²) in [6, 6.07) is 5.00. The molecule has 2 rings (SSSR count). The van der Waals surface area contributed by atoms with Gasteiger partial charge in [0, 0.05) is 24.7 Å². The number of hydrogen-bond donors (Lipinski definition) is 2. The molecule has 4 nitrogen and oxygen atoms in total. The molecule has 0 spiro atoms. The number of phenols is 1. The number of hydrogen-bond acceptors (Lipinski definition) is 3. The van der Waals surface area contributed by atoms with Crippen LogP contribution in [0.3, 0.4) is 0 Å². The molecule has 18 heavy (non-hydrogen) atoms. The van der Waals surface area contributed by atoms with Gasteiger partial charge in [0.25, 0.3) is 5.91 Å². The number of benzene rings is 1. The average molecular weight is 313 g/mol. The Morgan fingerprint density at radius 2 is 2.33 bits per heavy atom. The number of phenolic OH excluding ortho intramolecular Hbond substituents is 1. The van der Waals surface area contributed by atoms with Crippen LogP contribution < -0.4 is 5.73 Å². The van der Waals surface area contributed by atoms with E-state index in [0.717, 1.165) is 13.0 Å². The van der Waals surface area contributed by atoms with Gasteiger partial charge in [0.15, 0.2) is 0 Å². The third-order valence-corrected chi connectivity index (χ3v) is 4.12. The van der Waals surface area contributed by atoms with Crippen LogP contribution in [-0.4, -0.2) is 35.0 Å². The number of likely N-dealkylation sites (tertiary alicyclic amines) is 1. The third-order valence-electron chi connectivity index (χ3n) is 3.45. The molecule has 5 heteroatoms. The fourth-order valence-electron chi connectivity index (χ4n) is 2.23. The van der Waals surface area contributed by atoms with E-state index in [-0.39, 0.29) is 17.7 Å². The molecule has 1 amide bonds. The van der Waals surface area contributed by atoms with Crippen LogP contribution in [0.25, 0.3) is 0 Å². The highest BCUT2D eigenvalue weighted by Crippen LogP contribution is 2.26. The molecule has 1 aliphatic heterocycles. The molecule has 1 aromatic carbocycles. The summed E-state index contributed by atoms with van der Waals surface area (Å²) in [5.74, 6) is 0.419. The molecule has 0 saturated carbocycles. The number of amides is 1. The summed E-state index contributed by atoms with van der Waals surface area (Å²) in [7, 11) is 0. The maximum atomic E-state index is 12.2. The maximum Gasteiger partial charge on any atom is 0.253 e. The highest BCUT2D eigenvalue weighted by molar-refractivity contribution is 9.10. The van der Waals surface area contributed by atoms with Crippen LogP contribution in [0.4, 0.5) is 0 Å². The first kappa shape index (κ1) is 13.4. The van der Waals surface area contributed by atoms with Crippen molar-refractivity contribution in [2.45, 2.75) is 19.4 Å². The van der Waals surface area contributed by atoms with E-state index in [0.29, 0.717) is 22.5 Å². The van der Waals surface area contributed by atoms with Gasteiger partial charge in [-0.15, -0.1) is 0 Å². The monoisotopic (exact) mass is 312 g/mol. The number of halogens is 1. The van der Waals surface area contributed by atoms with E-state index in [1.165, 1.54) is 6.07 Å². The summed E-state index contributed by atoms with van der Waals surface area (Å²) in [5.41, 5.74) is 6.37. The SMILES string of the molecule is CC(N)C1CCN(C(=O)c2ccc(Br)c(O)c2)C1. The van der Waals surface area contributed by atoms with Gasteiger partial charge in [-0.05, 0) is 53.4 Å². The third kappa shape index (κ3) is 2.67. The van der Waals surface area contributed by atoms with E-state index in [9.17, 15) is 9.90 Å². The topological polar surface area (TPSA) is 66.6 Å². The molecule has 0 aromatic heterocycles. The molecule has 2 atom stereocenters. The Morgan fingerprint density at radius 3 is 2.89 bits per heavy atom. The Labute approximate surface area is 115 Å². The first-order valence-corrected chi connectivity index (χ1v) is 6.81. The van der Waals surface area contributed by atoms with Crippen molar-refractivity contribution in [2.75, 3.05) is 13.1 Å². The maximum absolute atomic E-state index is 12.2. The Morgan fingerprint density at radius 1 is 1.61 bits per heavy atom. The molecule has 3 N–H and O–H groups in total. The molecule has 98 valence electrons. The minimum absolute atomic E-state index is 0.0408. The van der Waals surface area contributed by atoms with Crippen LogP contribution in [-0.2, 0) is 0 Å². The van der Waals surface area contributed by atoms with Gasteiger partial charge in [0.05, 0.1) is 4.47 Å². The molecule has 1 saturated heterocycles. The molecular weight excluding hydrogens is 296 g/mol. The van der Waals surface area contributed by atoms with Crippen molar-refractivity contribution in [1.82, 2.24) is 4.90 Å². The minimum Gasteiger partial charge on any atom is -0.507 e.